The van der Waals surface area contributed by atoms with E-state index in [1.54, 1.807) is 46.0 Å². The summed E-state index contributed by atoms with van der Waals surface area (Å²) in [6.45, 7) is 5.66. The zero-order valence-electron chi connectivity index (χ0n) is 18.4. The van der Waals surface area contributed by atoms with E-state index in [4.69, 9.17) is 16.3 Å². The summed E-state index contributed by atoms with van der Waals surface area (Å²) in [5.41, 5.74) is 3.58. The quantitative estimate of drug-likeness (QED) is 0.531. The molecule has 2 aromatic carbocycles. The summed E-state index contributed by atoms with van der Waals surface area (Å²) in [5.74, 6) is -1.08. The van der Waals surface area contributed by atoms with E-state index in [2.05, 4.69) is 10.00 Å². The van der Waals surface area contributed by atoms with Crippen LogP contribution in [0.15, 0.2) is 48.5 Å². The van der Waals surface area contributed by atoms with E-state index in [0.717, 1.165) is 22.8 Å². The highest BCUT2D eigenvalue weighted by Gasteiger charge is 2.22. The third-order valence-corrected chi connectivity index (χ3v) is 6.25. The fourth-order valence-corrected chi connectivity index (χ4v) is 3.90. The Hall–Kier alpha value is -3.39. The van der Waals surface area contributed by atoms with Crippen LogP contribution in [0.3, 0.4) is 0 Å². The van der Waals surface area contributed by atoms with Gasteiger partial charge in [0.1, 0.15) is 5.82 Å². The number of halogens is 2. The molecule has 2 heterocycles. The number of amides is 1. The molecule has 33 heavy (non-hydrogen) atoms. The highest BCUT2D eigenvalue weighted by molar-refractivity contribution is 6.31. The van der Waals surface area contributed by atoms with Crippen molar-refractivity contribution in [3.05, 3.63) is 76.3 Å². The summed E-state index contributed by atoms with van der Waals surface area (Å²) < 4.78 is 20.0. The highest BCUT2D eigenvalue weighted by atomic mass is 35.5. The maximum Gasteiger partial charge on any atom is 0.338 e. The van der Waals surface area contributed by atoms with E-state index >= 15 is 0 Å². The number of ether oxygens (including phenoxy) is 1. The molecule has 1 aromatic heterocycles. The third kappa shape index (κ3) is 5.01. The summed E-state index contributed by atoms with van der Waals surface area (Å²) in [5, 5.41) is 5.00. The van der Waals surface area contributed by atoms with Crippen LogP contribution in [0.25, 0.3) is 5.69 Å². The number of rotatable bonds is 5. The molecule has 0 N–H and O–H groups in total. The van der Waals surface area contributed by atoms with Gasteiger partial charge in [0, 0.05) is 31.9 Å². The molecule has 172 valence electrons. The lowest BCUT2D eigenvalue weighted by molar-refractivity contribution is -0.134. The maximum atomic E-state index is 13.1. The Morgan fingerprint density at radius 2 is 1.58 bits per heavy atom. The molecule has 1 fully saturated rings. The van der Waals surface area contributed by atoms with Crippen molar-refractivity contribution in [3.63, 3.8) is 0 Å². The van der Waals surface area contributed by atoms with Gasteiger partial charge in [-0.3, -0.25) is 4.79 Å². The minimum absolute atomic E-state index is 0.240. The van der Waals surface area contributed by atoms with Gasteiger partial charge in [-0.2, -0.15) is 5.10 Å². The third-order valence-electron chi connectivity index (χ3n) is 5.70. The molecule has 1 amide bonds. The van der Waals surface area contributed by atoms with Crippen LogP contribution in [0, 0.1) is 19.7 Å². The second kappa shape index (κ2) is 9.62. The zero-order chi connectivity index (χ0) is 23.5. The van der Waals surface area contributed by atoms with E-state index < -0.39 is 5.97 Å². The summed E-state index contributed by atoms with van der Waals surface area (Å²) in [4.78, 5) is 28.6. The Balaban J connectivity index is 1.28. The number of carbonyl (C=O) groups excluding carboxylic acids is 2. The number of hydrogen-bond donors (Lipinski definition) is 0. The van der Waals surface area contributed by atoms with Gasteiger partial charge < -0.3 is 14.5 Å². The molecular weight excluding hydrogens is 447 g/mol. The molecule has 9 heteroatoms. The van der Waals surface area contributed by atoms with Crippen LogP contribution in [0.4, 0.5) is 10.1 Å². The van der Waals surface area contributed by atoms with E-state index in [1.807, 2.05) is 13.8 Å². The van der Waals surface area contributed by atoms with Crippen LogP contribution in [-0.4, -0.2) is 59.3 Å². The Morgan fingerprint density at radius 1 is 0.970 bits per heavy atom. The van der Waals surface area contributed by atoms with Gasteiger partial charge in [-0.1, -0.05) is 11.6 Å². The first-order chi connectivity index (χ1) is 15.8. The highest BCUT2D eigenvalue weighted by Crippen LogP contribution is 2.22. The van der Waals surface area contributed by atoms with Gasteiger partial charge in [0.25, 0.3) is 5.91 Å². The molecule has 1 aliphatic heterocycles. The number of piperazine rings is 1. The predicted octanol–water partition coefficient (Wildman–Crippen LogP) is 3.79. The van der Waals surface area contributed by atoms with Crippen molar-refractivity contribution in [1.82, 2.24) is 14.7 Å². The van der Waals surface area contributed by atoms with Gasteiger partial charge in [-0.25, -0.2) is 13.9 Å². The SMILES string of the molecule is Cc1nn(-c2ccc(C(=O)OCC(=O)N3CCN(c4ccc(F)cc4)CC3)cc2)c(C)c1Cl. The van der Waals surface area contributed by atoms with Crippen molar-refractivity contribution >= 4 is 29.2 Å². The Labute approximate surface area is 196 Å². The molecule has 3 aromatic rings. The standard InChI is InChI=1S/C24H24ClFN4O3/c1-16-23(25)17(2)30(27-16)21-7-3-18(4-8-21)24(32)33-15-22(31)29-13-11-28(12-14-29)20-9-5-19(26)6-10-20/h3-10H,11-15H2,1-2H3. The molecule has 1 aliphatic rings. The number of carbonyl (C=O) groups is 2. The number of hydrogen-bond acceptors (Lipinski definition) is 5. The maximum absolute atomic E-state index is 13.1. The number of anilines is 1. The summed E-state index contributed by atoms with van der Waals surface area (Å²) >= 11 is 6.20. The number of aromatic nitrogens is 2. The molecule has 0 bridgehead atoms. The lowest BCUT2D eigenvalue weighted by Crippen LogP contribution is -2.49. The van der Waals surface area contributed by atoms with Crippen LogP contribution >= 0.6 is 11.6 Å². The Kier molecular flexibility index (Phi) is 6.65. The van der Waals surface area contributed by atoms with E-state index in [0.29, 0.717) is 36.8 Å². The lowest BCUT2D eigenvalue weighted by atomic mass is 10.2. The van der Waals surface area contributed by atoms with Crippen LogP contribution in [-0.2, 0) is 9.53 Å². The first-order valence-corrected chi connectivity index (χ1v) is 11.0. The van der Waals surface area contributed by atoms with Gasteiger partial charge in [0.05, 0.1) is 27.7 Å². The summed E-state index contributed by atoms with van der Waals surface area (Å²) in [6.07, 6.45) is 0. The van der Waals surface area contributed by atoms with Crippen molar-refractivity contribution in [3.8, 4) is 5.69 Å². The normalized spacial score (nSPS) is 13.8. The van der Waals surface area contributed by atoms with Gasteiger partial charge in [0.15, 0.2) is 6.61 Å². The first kappa shape index (κ1) is 22.8. The lowest BCUT2D eigenvalue weighted by Gasteiger charge is -2.36. The Bertz CT molecular complexity index is 1150. The first-order valence-electron chi connectivity index (χ1n) is 10.6. The zero-order valence-corrected chi connectivity index (χ0v) is 19.2. The van der Waals surface area contributed by atoms with Crippen LogP contribution in [0.2, 0.25) is 5.02 Å². The number of esters is 1. The molecule has 0 saturated carbocycles. The van der Waals surface area contributed by atoms with Gasteiger partial charge in [-0.05, 0) is 62.4 Å². The fraction of sp³-hybridized carbons (Fsp3) is 0.292. The predicted molar refractivity (Wildman–Crippen MR) is 124 cm³/mol. The number of benzene rings is 2. The van der Waals surface area contributed by atoms with Crippen molar-refractivity contribution in [2.75, 3.05) is 37.7 Å². The average Bonchev–Trinajstić information content (AvgIpc) is 3.10. The molecule has 0 radical (unpaired) electrons. The number of nitrogens with zero attached hydrogens (tertiary/aromatic N) is 4. The second-order valence-corrected chi connectivity index (χ2v) is 8.24. The van der Waals surface area contributed by atoms with Crippen molar-refractivity contribution in [2.24, 2.45) is 0 Å². The molecule has 1 saturated heterocycles. The average molecular weight is 471 g/mol. The smallest absolute Gasteiger partial charge is 0.338 e. The summed E-state index contributed by atoms with van der Waals surface area (Å²) in [6, 6.07) is 13.1. The molecule has 4 rings (SSSR count). The minimum Gasteiger partial charge on any atom is -0.452 e. The molecule has 0 unspecified atom stereocenters. The van der Waals surface area contributed by atoms with Crippen LogP contribution in [0.5, 0.6) is 0 Å². The molecule has 0 atom stereocenters. The Morgan fingerprint density at radius 3 is 2.15 bits per heavy atom. The molecular formula is C24H24ClFN4O3. The largest absolute Gasteiger partial charge is 0.452 e. The van der Waals surface area contributed by atoms with Gasteiger partial charge in [-0.15, -0.1) is 0 Å². The molecule has 0 spiro atoms. The summed E-state index contributed by atoms with van der Waals surface area (Å²) in [7, 11) is 0. The van der Waals surface area contributed by atoms with Crippen LogP contribution < -0.4 is 4.90 Å². The second-order valence-electron chi connectivity index (χ2n) is 7.86. The topological polar surface area (TPSA) is 67.7 Å². The monoisotopic (exact) mass is 470 g/mol. The number of aryl methyl sites for hydroxylation is 1. The molecule has 0 aliphatic carbocycles. The van der Waals surface area contributed by atoms with Crippen LogP contribution in [0.1, 0.15) is 21.7 Å². The van der Waals surface area contributed by atoms with E-state index in [1.165, 1.54) is 12.1 Å². The molecule has 7 nitrogen and oxygen atoms in total. The van der Waals surface area contributed by atoms with E-state index in [-0.39, 0.29) is 18.3 Å². The van der Waals surface area contributed by atoms with Gasteiger partial charge in [0.2, 0.25) is 0 Å². The minimum atomic E-state index is -0.564. The van der Waals surface area contributed by atoms with Gasteiger partial charge >= 0.3 is 5.97 Å². The van der Waals surface area contributed by atoms with Crippen molar-refractivity contribution in [2.45, 2.75) is 13.8 Å². The fourth-order valence-electron chi connectivity index (χ4n) is 3.78. The van der Waals surface area contributed by atoms with Crippen molar-refractivity contribution in [1.29, 1.82) is 0 Å². The van der Waals surface area contributed by atoms with E-state index in [9.17, 15) is 14.0 Å². The van der Waals surface area contributed by atoms with Crippen molar-refractivity contribution < 1.29 is 18.7 Å².